The van der Waals surface area contributed by atoms with Crippen LogP contribution in [0.4, 0.5) is 0 Å². The summed E-state index contributed by atoms with van der Waals surface area (Å²) >= 11 is 0. The lowest BCUT2D eigenvalue weighted by Crippen LogP contribution is -2.43. The van der Waals surface area contributed by atoms with Gasteiger partial charge in [0.1, 0.15) is 0 Å². The Labute approximate surface area is 71.9 Å². The van der Waals surface area contributed by atoms with Gasteiger partial charge in [0.2, 0.25) is 11.8 Å². The molecule has 70 valence electrons. The largest absolute Gasteiger partial charge is 0.359 e. The number of carbonyl (C=O) groups is 2. The molecule has 0 spiro atoms. The normalized spacial score (nSPS) is 11.9. The van der Waals surface area contributed by atoms with E-state index in [0.29, 0.717) is 0 Å². The molecule has 0 aromatic heterocycles. The van der Waals surface area contributed by atoms with E-state index in [-0.39, 0.29) is 18.2 Å². The van der Waals surface area contributed by atoms with Crippen LogP contribution in [0.1, 0.15) is 6.42 Å². The van der Waals surface area contributed by atoms with Crippen LogP contribution in [0.15, 0.2) is 0 Å². The van der Waals surface area contributed by atoms with Gasteiger partial charge in [-0.1, -0.05) is 0 Å². The van der Waals surface area contributed by atoms with E-state index in [9.17, 15) is 9.59 Å². The highest BCUT2D eigenvalue weighted by Crippen LogP contribution is 1.90. The molecule has 0 radical (unpaired) electrons. The third-order valence-corrected chi connectivity index (χ3v) is 1.58. The Morgan fingerprint density at radius 1 is 1.17 bits per heavy atom. The van der Waals surface area contributed by atoms with Gasteiger partial charge in [-0.3, -0.25) is 9.59 Å². The van der Waals surface area contributed by atoms with Crippen molar-refractivity contribution in [1.82, 2.24) is 16.0 Å². The van der Waals surface area contributed by atoms with Crippen LogP contribution in [0, 0.1) is 0 Å². The van der Waals surface area contributed by atoms with E-state index in [1.54, 1.807) is 14.1 Å². The molecule has 5 heteroatoms. The Morgan fingerprint density at radius 2 is 1.75 bits per heavy atom. The first-order chi connectivity index (χ1) is 5.65. The first-order valence-corrected chi connectivity index (χ1v) is 3.75. The van der Waals surface area contributed by atoms with Crippen molar-refractivity contribution >= 4 is 11.8 Å². The van der Waals surface area contributed by atoms with Crippen molar-refractivity contribution in [2.24, 2.45) is 0 Å². The van der Waals surface area contributed by atoms with Crippen LogP contribution in [0.5, 0.6) is 0 Å². The number of rotatable bonds is 4. The minimum atomic E-state index is -0.449. The molecule has 0 saturated carbocycles. The fourth-order valence-corrected chi connectivity index (χ4v) is 0.788. The van der Waals surface area contributed by atoms with Gasteiger partial charge >= 0.3 is 0 Å². The standard InChI is InChI=1S/C7H15N3O2/c1-8-5(7(12)10-3)4-6(11)9-2/h5,8H,4H2,1-3H3,(H,9,11)(H,10,12). The maximum atomic E-state index is 11.0. The van der Waals surface area contributed by atoms with Crippen molar-refractivity contribution in [2.45, 2.75) is 12.5 Å². The summed E-state index contributed by atoms with van der Waals surface area (Å²) < 4.78 is 0. The van der Waals surface area contributed by atoms with E-state index >= 15 is 0 Å². The Hall–Kier alpha value is -1.10. The zero-order valence-corrected chi connectivity index (χ0v) is 7.60. The number of carbonyl (C=O) groups excluding carboxylic acids is 2. The molecule has 0 aliphatic rings. The average Bonchev–Trinajstić information content (AvgIpc) is 2.12. The number of nitrogens with one attached hydrogen (secondary N) is 3. The quantitative estimate of drug-likeness (QED) is 0.482. The predicted octanol–water partition coefficient (Wildman–Crippen LogP) is -1.54. The Balaban J connectivity index is 3.99. The lowest BCUT2D eigenvalue weighted by molar-refractivity contribution is -0.127. The monoisotopic (exact) mass is 173 g/mol. The molecule has 0 bridgehead atoms. The number of hydrogen-bond donors (Lipinski definition) is 3. The van der Waals surface area contributed by atoms with Crippen LogP contribution in [0.2, 0.25) is 0 Å². The molecule has 0 aromatic carbocycles. The Bertz CT molecular complexity index is 170. The fraction of sp³-hybridized carbons (Fsp3) is 0.714. The SMILES string of the molecule is CNC(=O)CC(NC)C(=O)NC. The Kier molecular flexibility index (Phi) is 5.03. The second-order valence-electron chi connectivity index (χ2n) is 2.33. The highest BCUT2D eigenvalue weighted by molar-refractivity contribution is 5.87. The maximum Gasteiger partial charge on any atom is 0.237 e. The molecular weight excluding hydrogens is 158 g/mol. The van der Waals surface area contributed by atoms with Crippen LogP contribution >= 0.6 is 0 Å². The summed E-state index contributed by atoms with van der Waals surface area (Å²) in [5.74, 6) is -0.334. The molecule has 0 rings (SSSR count). The van der Waals surface area contributed by atoms with Gasteiger partial charge in [0.15, 0.2) is 0 Å². The van der Waals surface area contributed by atoms with Gasteiger partial charge in [-0.25, -0.2) is 0 Å². The van der Waals surface area contributed by atoms with Gasteiger partial charge in [0.25, 0.3) is 0 Å². The predicted molar refractivity (Wildman–Crippen MR) is 45.6 cm³/mol. The maximum absolute atomic E-state index is 11.0. The first kappa shape index (κ1) is 10.9. The lowest BCUT2D eigenvalue weighted by atomic mass is 10.2. The molecule has 2 amide bonds. The van der Waals surface area contributed by atoms with Crippen LogP contribution in [0.25, 0.3) is 0 Å². The third kappa shape index (κ3) is 3.34. The summed E-state index contributed by atoms with van der Waals surface area (Å²) in [5.41, 5.74) is 0. The van der Waals surface area contributed by atoms with E-state index < -0.39 is 6.04 Å². The summed E-state index contributed by atoms with van der Waals surface area (Å²) in [6.07, 6.45) is 0.159. The lowest BCUT2D eigenvalue weighted by Gasteiger charge is -2.12. The second kappa shape index (κ2) is 5.54. The smallest absolute Gasteiger partial charge is 0.237 e. The highest BCUT2D eigenvalue weighted by atomic mass is 16.2. The minimum Gasteiger partial charge on any atom is -0.359 e. The zero-order chi connectivity index (χ0) is 9.56. The molecule has 0 fully saturated rings. The van der Waals surface area contributed by atoms with Gasteiger partial charge in [0, 0.05) is 14.1 Å². The molecule has 5 nitrogen and oxygen atoms in total. The summed E-state index contributed by atoms with van der Waals surface area (Å²) in [7, 11) is 4.72. The third-order valence-electron chi connectivity index (χ3n) is 1.58. The van der Waals surface area contributed by atoms with Crippen molar-refractivity contribution in [3.63, 3.8) is 0 Å². The molecular formula is C7H15N3O2. The number of likely N-dealkylation sites (N-methyl/N-ethyl adjacent to an activating group) is 2. The van der Waals surface area contributed by atoms with Crippen LogP contribution in [-0.2, 0) is 9.59 Å². The van der Waals surface area contributed by atoms with Gasteiger partial charge in [-0.2, -0.15) is 0 Å². The minimum absolute atomic E-state index is 0.155. The zero-order valence-electron chi connectivity index (χ0n) is 7.60. The van der Waals surface area contributed by atoms with Crippen molar-refractivity contribution in [1.29, 1.82) is 0 Å². The van der Waals surface area contributed by atoms with Crippen molar-refractivity contribution in [3.05, 3.63) is 0 Å². The molecule has 0 aromatic rings. The molecule has 0 aliphatic heterocycles. The van der Waals surface area contributed by atoms with Gasteiger partial charge < -0.3 is 16.0 Å². The van der Waals surface area contributed by atoms with E-state index in [4.69, 9.17) is 0 Å². The number of hydrogen-bond acceptors (Lipinski definition) is 3. The van der Waals surface area contributed by atoms with Crippen molar-refractivity contribution in [2.75, 3.05) is 21.1 Å². The van der Waals surface area contributed by atoms with Gasteiger partial charge in [-0.05, 0) is 7.05 Å². The molecule has 0 aliphatic carbocycles. The molecule has 0 saturated heterocycles. The summed E-state index contributed by atoms with van der Waals surface area (Å²) in [4.78, 5) is 21.9. The van der Waals surface area contributed by atoms with E-state index in [2.05, 4.69) is 16.0 Å². The molecule has 12 heavy (non-hydrogen) atoms. The number of amides is 2. The van der Waals surface area contributed by atoms with Crippen LogP contribution in [0.3, 0.4) is 0 Å². The molecule has 3 N–H and O–H groups in total. The second-order valence-corrected chi connectivity index (χ2v) is 2.33. The highest BCUT2D eigenvalue weighted by Gasteiger charge is 2.17. The average molecular weight is 173 g/mol. The first-order valence-electron chi connectivity index (χ1n) is 3.75. The summed E-state index contributed by atoms with van der Waals surface area (Å²) in [5, 5.41) is 7.66. The fourth-order valence-electron chi connectivity index (χ4n) is 0.788. The van der Waals surface area contributed by atoms with E-state index in [1.807, 2.05) is 0 Å². The summed E-state index contributed by atoms with van der Waals surface area (Å²) in [6.45, 7) is 0. The van der Waals surface area contributed by atoms with Crippen LogP contribution < -0.4 is 16.0 Å². The Morgan fingerprint density at radius 3 is 2.08 bits per heavy atom. The van der Waals surface area contributed by atoms with E-state index in [1.165, 1.54) is 7.05 Å². The van der Waals surface area contributed by atoms with Gasteiger partial charge in [0.05, 0.1) is 12.5 Å². The van der Waals surface area contributed by atoms with Crippen molar-refractivity contribution < 1.29 is 9.59 Å². The van der Waals surface area contributed by atoms with Crippen molar-refractivity contribution in [3.8, 4) is 0 Å². The molecule has 1 atom stereocenters. The molecule has 1 unspecified atom stereocenters. The summed E-state index contributed by atoms with van der Waals surface area (Å²) in [6, 6.07) is -0.449. The molecule has 0 heterocycles. The topological polar surface area (TPSA) is 70.2 Å². The van der Waals surface area contributed by atoms with Crippen LogP contribution in [-0.4, -0.2) is 39.0 Å². The van der Waals surface area contributed by atoms with E-state index in [0.717, 1.165) is 0 Å². The van der Waals surface area contributed by atoms with Gasteiger partial charge in [-0.15, -0.1) is 0 Å².